The number of hydrogen-bond acceptors (Lipinski definition) is 6. The zero-order valence-electron chi connectivity index (χ0n) is 18.1. The number of amides is 1. The fourth-order valence-corrected chi connectivity index (χ4v) is 3.07. The van der Waals surface area contributed by atoms with Crippen LogP contribution in [0.3, 0.4) is 0 Å². The molecule has 2 aromatic rings. The van der Waals surface area contributed by atoms with Crippen LogP contribution in [0.1, 0.15) is 39.0 Å². The molecular weight excluding hydrogens is 417 g/mol. The lowest BCUT2D eigenvalue weighted by Crippen LogP contribution is -2.41. The summed E-state index contributed by atoms with van der Waals surface area (Å²) in [5.74, 6) is 0. The summed E-state index contributed by atoms with van der Waals surface area (Å²) in [6.45, 7) is 8.15. The fourth-order valence-electron chi connectivity index (χ4n) is 2.91. The van der Waals surface area contributed by atoms with Gasteiger partial charge in [-0.25, -0.2) is 4.79 Å². The number of rotatable bonds is 6. The Hall–Kier alpha value is -2.55. The number of benzene rings is 1. The molecule has 0 aliphatic carbocycles. The lowest BCUT2D eigenvalue weighted by molar-refractivity contribution is 0.00578. The van der Waals surface area contributed by atoms with Gasteiger partial charge in [-0.05, 0) is 50.9 Å². The van der Waals surface area contributed by atoms with E-state index in [4.69, 9.17) is 31.4 Å². The first kappa shape index (κ1) is 23.1. The Morgan fingerprint density at radius 2 is 1.87 bits per heavy atom. The Morgan fingerprint density at radius 3 is 2.48 bits per heavy atom. The van der Waals surface area contributed by atoms with E-state index in [1.807, 2.05) is 58.0 Å². The number of aromatic nitrogens is 1. The van der Waals surface area contributed by atoms with Gasteiger partial charge in [0.25, 0.3) is 0 Å². The number of carbonyl (C=O) groups excluding carboxylic acids is 1. The average molecular weight is 444 g/mol. The first-order valence-electron chi connectivity index (χ1n) is 9.99. The molecule has 1 fully saturated rings. The van der Waals surface area contributed by atoms with E-state index in [0.717, 1.165) is 5.56 Å². The van der Waals surface area contributed by atoms with Crippen molar-refractivity contribution in [2.45, 2.75) is 45.5 Å². The summed E-state index contributed by atoms with van der Waals surface area (Å²) in [4.78, 5) is 16.5. The van der Waals surface area contributed by atoms with Gasteiger partial charge in [0.15, 0.2) is 0 Å². The molecule has 31 heavy (non-hydrogen) atoms. The molecule has 0 radical (unpaired) electrons. The molecule has 7 nitrogen and oxygen atoms in total. The standard InChI is InChI=1S/C22H27BClN3O4/c1-21(2)22(3,4)31-23(30-21)16(10-19-18(25)11-17(24)13-26-19)12-27-20(28)29-14-15-8-6-5-7-9-15/h5-11,13H,12,14,25H2,1-4H3,(H,27,28). The van der Waals surface area contributed by atoms with Crippen LogP contribution in [-0.2, 0) is 20.7 Å². The third-order valence-corrected chi connectivity index (χ3v) is 5.65. The lowest BCUT2D eigenvalue weighted by Gasteiger charge is -2.32. The molecule has 1 aliphatic rings. The summed E-state index contributed by atoms with van der Waals surface area (Å²) in [5.41, 5.74) is 7.45. The van der Waals surface area contributed by atoms with E-state index in [1.165, 1.54) is 6.20 Å². The fraction of sp³-hybridized carbons (Fsp3) is 0.364. The number of carbonyl (C=O) groups is 1. The molecule has 9 heteroatoms. The Labute approximate surface area is 188 Å². The highest BCUT2D eigenvalue weighted by atomic mass is 35.5. The van der Waals surface area contributed by atoms with Crippen molar-refractivity contribution in [1.29, 1.82) is 0 Å². The quantitative estimate of drug-likeness (QED) is 0.648. The number of nitrogens with two attached hydrogens (primary N) is 1. The van der Waals surface area contributed by atoms with Crippen LogP contribution in [0, 0.1) is 0 Å². The van der Waals surface area contributed by atoms with Gasteiger partial charge in [-0.1, -0.05) is 41.9 Å². The second-order valence-corrected chi connectivity index (χ2v) is 8.79. The van der Waals surface area contributed by atoms with E-state index in [9.17, 15) is 4.79 Å². The highest BCUT2D eigenvalue weighted by molar-refractivity contribution is 6.56. The summed E-state index contributed by atoms with van der Waals surface area (Å²) in [7, 11) is -0.684. The molecule has 0 unspecified atom stereocenters. The van der Waals surface area contributed by atoms with Crippen LogP contribution in [0.25, 0.3) is 6.08 Å². The molecule has 3 N–H and O–H groups in total. The van der Waals surface area contributed by atoms with Crippen LogP contribution in [-0.4, -0.2) is 35.9 Å². The van der Waals surface area contributed by atoms with Crippen LogP contribution >= 0.6 is 11.6 Å². The van der Waals surface area contributed by atoms with Crippen molar-refractivity contribution in [2.75, 3.05) is 12.3 Å². The number of ether oxygens (including phenoxy) is 1. The van der Waals surface area contributed by atoms with E-state index in [-0.39, 0.29) is 13.2 Å². The number of nitrogens with zero attached hydrogens (tertiary/aromatic N) is 1. The summed E-state index contributed by atoms with van der Waals surface area (Å²) >= 11 is 5.96. The minimum atomic E-state index is -0.684. The number of nitrogen functional groups attached to an aromatic ring is 1. The minimum absolute atomic E-state index is 0.133. The Balaban J connectivity index is 1.74. The van der Waals surface area contributed by atoms with Gasteiger partial charge in [0.05, 0.1) is 27.6 Å². The van der Waals surface area contributed by atoms with Crippen LogP contribution in [0.4, 0.5) is 10.5 Å². The number of halogens is 1. The molecule has 0 bridgehead atoms. The summed E-state index contributed by atoms with van der Waals surface area (Å²) in [6.07, 6.45) is 2.70. The van der Waals surface area contributed by atoms with E-state index < -0.39 is 24.4 Å². The van der Waals surface area contributed by atoms with E-state index in [2.05, 4.69) is 10.3 Å². The maximum absolute atomic E-state index is 12.3. The van der Waals surface area contributed by atoms with Crippen molar-refractivity contribution < 1.29 is 18.8 Å². The van der Waals surface area contributed by atoms with Crippen molar-refractivity contribution in [3.63, 3.8) is 0 Å². The van der Waals surface area contributed by atoms with Gasteiger partial charge in [0.2, 0.25) is 0 Å². The highest BCUT2D eigenvalue weighted by Crippen LogP contribution is 2.38. The van der Waals surface area contributed by atoms with Gasteiger partial charge in [-0.2, -0.15) is 0 Å². The molecule has 1 aromatic heterocycles. The van der Waals surface area contributed by atoms with E-state index in [1.54, 1.807) is 12.1 Å². The number of nitrogens with one attached hydrogen (secondary N) is 1. The smallest absolute Gasteiger partial charge is 0.445 e. The molecule has 0 atom stereocenters. The maximum atomic E-state index is 12.3. The minimum Gasteiger partial charge on any atom is -0.445 e. The highest BCUT2D eigenvalue weighted by Gasteiger charge is 2.52. The SMILES string of the molecule is CC1(C)OB(C(=Cc2ncc(Cl)cc2N)CNC(=O)OCc2ccccc2)OC1(C)C. The predicted octanol–water partition coefficient (Wildman–Crippen LogP) is 4.26. The van der Waals surface area contributed by atoms with Crippen molar-refractivity contribution in [2.24, 2.45) is 0 Å². The van der Waals surface area contributed by atoms with Crippen LogP contribution < -0.4 is 11.1 Å². The second-order valence-electron chi connectivity index (χ2n) is 8.35. The monoisotopic (exact) mass is 443 g/mol. The van der Waals surface area contributed by atoms with Gasteiger partial charge in [0.1, 0.15) is 6.61 Å². The zero-order valence-corrected chi connectivity index (χ0v) is 18.9. The third kappa shape index (κ3) is 5.78. The molecular formula is C22H27BClN3O4. The van der Waals surface area contributed by atoms with Crippen LogP contribution in [0.15, 0.2) is 48.1 Å². The number of pyridine rings is 1. The van der Waals surface area contributed by atoms with Crippen molar-refractivity contribution in [1.82, 2.24) is 10.3 Å². The summed E-state index contributed by atoms with van der Waals surface area (Å²) in [6, 6.07) is 11.1. The molecule has 164 valence electrons. The van der Waals surface area contributed by atoms with Gasteiger partial charge in [-0.3, -0.25) is 4.98 Å². The molecule has 1 saturated heterocycles. The number of anilines is 1. The topological polar surface area (TPSA) is 95.7 Å². The first-order valence-corrected chi connectivity index (χ1v) is 10.4. The first-order chi connectivity index (χ1) is 14.6. The normalized spacial score (nSPS) is 17.5. The van der Waals surface area contributed by atoms with Crippen molar-refractivity contribution in [3.05, 3.63) is 64.3 Å². The number of hydrogen-bond donors (Lipinski definition) is 2. The predicted molar refractivity (Wildman–Crippen MR) is 122 cm³/mol. The van der Waals surface area contributed by atoms with E-state index >= 15 is 0 Å². The van der Waals surface area contributed by atoms with Gasteiger partial charge in [0, 0.05) is 12.7 Å². The van der Waals surface area contributed by atoms with Gasteiger partial charge < -0.3 is 25.1 Å². The Kier molecular flexibility index (Phi) is 6.94. The summed E-state index contributed by atoms with van der Waals surface area (Å²) in [5, 5.41) is 3.19. The van der Waals surface area contributed by atoms with E-state index in [0.29, 0.717) is 21.9 Å². The van der Waals surface area contributed by atoms with Gasteiger partial charge in [-0.15, -0.1) is 0 Å². The maximum Gasteiger partial charge on any atom is 0.492 e. The average Bonchev–Trinajstić information content (AvgIpc) is 2.93. The molecule has 3 rings (SSSR count). The molecule has 0 saturated carbocycles. The van der Waals surface area contributed by atoms with Crippen molar-refractivity contribution >= 4 is 36.6 Å². The second kappa shape index (κ2) is 9.30. The summed E-state index contributed by atoms with van der Waals surface area (Å²) < 4.78 is 17.6. The Morgan fingerprint density at radius 1 is 1.23 bits per heavy atom. The molecule has 1 aromatic carbocycles. The Bertz CT molecular complexity index is 950. The molecule has 2 heterocycles. The van der Waals surface area contributed by atoms with Gasteiger partial charge >= 0.3 is 13.2 Å². The largest absolute Gasteiger partial charge is 0.492 e. The molecule has 1 aliphatic heterocycles. The zero-order chi connectivity index (χ0) is 22.6. The third-order valence-electron chi connectivity index (χ3n) is 5.44. The van der Waals surface area contributed by atoms with Crippen LogP contribution in [0.2, 0.25) is 5.02 Å². The molecule has 1 amide bonds. The lowest BCUT2D eigenvalue weighted by atomic mass is 9.77. The van der Waals surface area contributed by atoms with Crippen LogP contribution in [0.5, 0.6) is 0 Å². The van der Waals surface area contributed by atoms with Crippen molar-refractivity contribution in [3.8, 4) is 0 Å². The molecule has 0 spiro atoms. The number of alkyl carbamates (subject to hydrolysis) is 1.